The molecule has 0 bridgehead atoms. The largest absolute Gasteiger partial charge is 0.384 e. The fourth-order valence-electron chi connectivity index (χ4n) is 2.41. The van der Waals surface area contributed by atoms with Crippen molar-refractivity contribution in [3.63, 3.8) is 0 Å². The van der Waals surface area contributed by atoms with Gasteiger partial charge in [-0.05, 0) is 18.8 Å². The summed E-state index contributed by atoms with van der Waals surface area (Å²) in [6, 6.07) is 0. The molecule has 2 N–H and O–H groups in total. The molecule has 1 fully saturated rings. The van der Waals surface area contributed by atoms with Gasteiger partial charge in [0, 0.05) is 18.0 Å². The van der Waals surface area contributed by atoms with Gasteiger partial charge in [-0.15, -0.1) is 0 Å². The van der Waals surface area contributed by atoms with Crippen LogP contribution >= 0.6 is 0 Å². The lowest BCUT2D eigenvalue weighted by molar-refractivity contribution is 0.510. The zero-order valence-corrected chi connectivity index (χ0v) is 9.68. The first-order valence-corrected chi connectivity index (χ1v) is 5.09. The molecule has 1 heterocycles. The van der Waals surface area contributed by atoms with Gasteiger partial charge < -0.3 is 5.73 Å². The molecule has 0 radical (unpaired) electrons. The van der Waals surface area contributed by atoms with Gasteiger partial charge in [0.05, 0.1) is 5.69 Å². The summed E-state index contributed by atoms with van der Waals surface area (Å²) in [4.78, 5) is 0. The maximum absolute atomic E-state index is 5.92. The summed E-state index contributed by atoms with van der Waals surface area (Å²) in [5, 5.41) is 4.53. The van der Waals surface area contributed by atoms with Gasteiger partial charge in [0.2, 0.25) is 0 Å². The second-order valence-electron chi connectivity index (χ2n) is 5.38. The van der Waals surface area contributed by atoms with Crippen LogP contribution in [0.2, 0.25) is 0 Å². The average Bonchev–Trinajstić information content (AvgIpc) is 2.48. The van der Waals surface area contributed by atoms with Crippen LogP contribution in [0.25, 0.3) is 0 Å². The third-order valence-electron chi connectivity index (χ3n) is 4.02. The van der Waals surface area contributed by atoms with Crippen molar-refractivity contribution < 1.29 is 0 Å². The molecule has 3 heteroatoms. The Morgan fingerprint density at radius 2 is 1.86 bits per heavy atom. The highest BCUT2D eigenvalue weighted by molar-refractivity contribution is 5.48. The summed E-state index contributed by atoms with van der Waals surface area (Å²) in [5.41, 5.74) is 8.85. The van der Waals surface area contributed by atoms with Crippen LogP contribution in [0, 0.1) is 12.3 Å². The van der Waals surface area contributed by atoms with Crippen LogP contribution in [0.3, 0.4) is 0 Å². The van der Waals surface area contributed by atoms with Crippen LogP contribution in [0.15, 0.2) is 0 Å². The summed E-state index contributed by atoms with van der Waals surface area (Å²) in [6.07, 6.45) is 1.21. The lowest BCUT2D eigenvalue weighted by Crippen LogP contribution is -2.11. The second kappa shape index (κ2) is 2.33. The molecule has 3 nitrogen and oxygen atoms in total. The summed E-state index contributed by atoms with van der Waals surface area (Å²) >= 11 is 0. The Labute approximate surface area is 85.3 Å². The van der Waals surface area contributed by atoms with Gasteiger partial charge in [0.15, 0.2) is 0 Å². The van der Waals surface area contributed by atoms with Gasteiger partial charge in [-0.1, -0.05) is 20.8 Å². The average molecular weight is 193 g/mol. The minimum Gasteiger partial charge on any atom is -0.384 e. The summed E-state index contributed by atoms with van der Waals surface area (Å²) in [5.74, 6) is 0.795. The van der Waals surface area contributed by atoms with E-state index in [1.807, 2.05) is 7.05 Å². The van der Waals surface area contributed by atoms with Crippen LogP contribution in [0.4, 0.5) is 5.82 Å². The predicted octanol–water partition coefficient (Wildman–Crippen LogP) is 2.00. The Morgan fingerprint density at radius 3 is 2.14 bits per heavy atom. The SMILES string of the molecule is Cc1c(C2(C)CC2(C)C)nn(C)c1N. The lowest BCUT2D eigenvalue weighted by Gasteiger charge is -2.12. The fourth-order valence-corrected chi connectivity index (χ4v) is 2.41. The number of nitrogen functional groups attached to an aromatic ring is 1. The van der Waals surface area contributed by atoms with Gasteiger partial charge in [-0.3, -0.25) is 4.68 Å². The zero-order chi connectivity index (χ0) is 10.7. The smallest absolute Gasteiger partial charge is 0.124 e. The standard InChI is InChI=1S/C11H19N3/c1-7-8(13-14(5)9(7)12)11(4)6-10(11,2)3/h6,12H2,1-5H3. The maximum atomic E-state index is 5.92. The van der Waals surface area contributed by atoms with Crippen molar-refractivity contribution in [1.82, 2.24) is 9.78 Å². The number of rotatable bonds is 1. The van der Waals surface area contributed by atoms with E-state index in [1.165, 1.54) is 12.1 Å². The van der Waals surface area contributed by atoms with E-state index in [2.05, 4.69) is 32.8 Å². The first-order valence-electron chi connectivity index (χ1n) is 5.09. The van der Waals surface area contributed by atoms with Crippen molar-refractivity contribution in [2.24, 2.45) is 12.5 Å². The minimum absolute atomic E-state index is 0.229. The molecular formula is C11H19N3. The molecule has 1 aromatic rings. The van der Waals surface area contributed by atoms with Crippen LogP contribution in [-0.4, -0.2) is 9.78 Å². The van der Waals surface area contributed by atoms with Gasteiger partial charge in [-0.25, -0.2) is 0 Å². The van der Waals surface area contributed by atoms with Crippen molar-refractivity contribution in [2.75, 3.05) is 5.73 Å². The van der Waals surface area contributed by atoms with E-state index < -0.39 is 0 Å². The quantitative estimate of drug-likeness (QED) is 0.741. The molecule has 1 unspecified atom stereocenters. The summed E-state index contributed by atoms with van der Waals surface area (Å²) < 4.78 is 1.78. The van der Waals surface area contributed by atoms with E-state index in [0.717, 1.165) is 11.4 Å². The molecule has 0 saturated heterocycles. The molecule has 0 spiro atoms. The third kappa shape index (κ3) is 0.954. The minimum atomic E-state index is 0.229. The van der Waals surface area contributed by atoms with Gasteiger partial charge in [0.1, 0.15) is 5.82 Å². The molecule has 14 heavy (non-hydrogen) atoms. The molecule has 1 saturated carbocycles. The first-order chi connectivity index (χ1) is 6.29. The van der Waals surface area contributed by atoms with Crippen LogP contribution in [-0.2, 0) is 12.5 Å². The molecule has 1 aliphatic rings. The molecule has 0 amide bonds. The number of hydrogen-bond acceptors (Lipinski definition) is 2. The lowest BCUT2D eigenvalue weighted by atomic mass is 9.92. The molecular weight excluding hydrogens is 174 g/mol. The van der Waals surface area contributed by atoms with E-state index >= 15 is 0 Å². The highest BCUT2D eigenvalue weighted by atomic mass is 15.3. The molecule has 0 aromatic carbocycles. The maximum Gasteiger partial charge on any atom is 0.124 e. The van der Waals surface area contributed by atoms with Gasteiger partial charge in [-0.2, -0.15) is 5.10 Å². The van der Waals surface area contributed by atoms with E-state index in [9.17, 15) is 0 Å². The molecule has 2 rings (SSSR count). The Bertz CT molecular complexity index is 389. The van der Waals surface area contributed by atoms with Crippen molar-refractivity contribution in [3.05, 3.63) is 11.3 Å². The van der Waals surface area contributed by atoms with E-state index in [4.69, 9.17) is 5.73 Å². The second-order valence-corrected chi connectivity index (χ2v) is 5.38. The normalized spacial score (nSPS) is 29.2. The Morgan fingerprint density at radius 1 is 1.36 bits per heavy atom. The summed E-state index contributed by atoms with van der Waals surface area (Å²) in [6.45, 7) is 8.92. The Kier molecular flexibility index (Phi) is 1.59. The van der Waals surface area contributed by atoms with Crippen molar-refractivity contribution in [1.29, 1.82) is 0 Å². The third-order valence-corrected chi connectivity index (χ3v) is 4.02. The summed E-state index contributed by atoms with van der Waals surface area (Å²) in [7, 11) is 1.91. The van der Waals surface area contributed by atoms with E-state index in [0.29, 0.717) is 5.41 Å². The van der Waals surface area contributed by atoms with Crippen molar-refractivity contribution in [3.8, 4) is 0 Å². The number of aryl methyl sites for hydroxylation is 1. The number of anilines is 1. The van der Waals surface area contributed by atoms with Crippen molar-refractivity contribution in [2.45, 2.75) is 39.5 Å². The fraction of sp³-hybridized carbons (Fsp3) is 0.727. The molecule has 1 atom stereocenters. The molecule has 78 valence electrons. The number of nitrogens with zero attached hydrogens (tertiary/aromatic N) is 2. The van der Waals surface area contributed by atoms with Crippen LogP contribution in [0.5, 0.6) is 0 Å². The molecule has 1 aliphatic carbocycles. The number of nitrogens with two attached hydrogens (primary N) is 1. The van der Waals surface area contributed by atoms with Gasteiger partial charge in [0.25, 0.3) is 0 Å². The highest BCUT2D eigenvalue weighted by Gasteiger charge is 2.60. The predicted molar refractivity (Wildman–Crippen MR) is 58.1 cm³/mol. The molecule has 0 aliphatic heterocycles. The van der Waals surface area contributed by atoms with Gasteiger partial charge >= 0.3 is 0 Å². The van der Waals surface area contributed by atoms with E-state index in [-0.39, 0.29) is 5.41 Å². The highest BCUT2D eigenvalue weighted by Crippen LogP contribution is 2.64. The van der Waals surface area contributed by atoms with Crippen LogP contribution < -0.4 is 5.73 Å². The number of hydrogen-bond donors (Lipinski definition) is 1. The molecule has 1 aromatic heterocycles. The Balaban J connectivity index is 2.50. The number of aromatic nitrogens is 2. The topological polar surface area (TPSA) is 43.8 Å². The van der Waals surface area contributed by atoms with Crippen LogP contribution in [0.1, 0.15) is 38.4 Å². The first kappa shape index (κ1) is 9.56. The zero-order valence-electron chi connectivity index (χ0n) is 9.68. The van der Waals surface area contributed by atoms with Crippen molar-refractivity contribution >= 4 is 5.82 Å². The van der Waals surface area contributed by atoms with E-state index in [1.54, 1.807) is 4.68 Å². The Hall–Kier alpha value is -0.990. The monoisotopic (exact) mass is 193 g/mol.